The predicted molar refractivity (Wildman–Crippen MR) is 81.4 cm³/mol. The Morgan fingerprint density at radius 1 is 1.25 bits per heavy atom. The van der Waals surface area contributed by atoms with Gasteiger partial charge in [0.1, 0.15) is 0 Å². The first-order valence-corrected chi connectivity index (χ1v) is 9.69. The average molecular weight is 303 g/mol. The molecule has 2 fully saturated rings. The Balaban J connectivity index is 1.91. The van der Waals surface area contributed by atoms with Crippen molar-refractivity contribution >= 4 is 9.84 Å². The van der Waals surface area contributed by atoms with Crippen molar-refractivity contribution in [1.29, 1.82) is 0 Å². The maximum Gasteiger partial charge on any atom is 0.151 e. The van der Waals surface area contributed by atoms with E-state index in [1.165, 1.54) is 0 Å². The molecule has 4 nitrogen and oxygen atoms in total. The molecule has 4 unspecified atom stereocenters. The number of aliphatic hydroxyl groups excluding tert-OH is 1. The van der Waals surface area contributed by atoms with E-state index in [0.717, 1.165) is 32.2 Å². The molecule has 0 aromatic rings. The van der Waals surface area contributed by atoms with Crippen molar-refractivity contribution in [2.75, 3.05) is 25.1 Å². The van der Waals surface area contributed by atoms with E-state index in [1.807, 2.05) is 7.05 Å². The van der Waals surface area contributed by atoms with Crippen LogP contribution in [0.5, 0.6) is 0 Å². The van der Waals surface area contributed by atoms with Gasteiger partial charge in [0.05, 0.1) is 17.6 Å². The molecule has 0 aromatic carbocycles. The highest BCUT2D eigenvalue weighted by Gasteiger charge is 2.35. The number of rotatable bonds is 4. The second kappa shape index (κ2) is 6.32. The maximum atomic E-state index is 11.6. The zero-order valence-electron chi connectivity index (χ0n) is 13.0. The lowest BCUT2D eigenvalue weighted by Gasteiger charge is -2.38. The summed E-state index contributed by atoms with van der Waals surface area (Å²) in [6, 6.07) is 0.145. The van der Waals surface area contributed by atoms with Crippen molar-refractivity contribution in [3.63, 3.8) is 0 Å². The van der Waals surface area contributed by atoms with Gasteiger partial charge in [0.2, 0.25) is 0 Å². The summed E-state index contributed by atoms with van der Waals surface area (Å²) in [5.41, 5.74) is 0. The number of hydrogen-bond donors (Lipinski definition) is 1. The smallest absolute Gasteiger partial charge is 0.151 e. The van der Waals surface area contributed by atoms with Crippen LogP contribution in [-0.2, 0) is 9.84 Å². The topological polar surface area (TPSA) is 57.6 Å². The Labute approximate surface area is 123 Å². The van der Waals surface area contributed by atoms with Gasteiger partial charge in [-0.25, -0.2) is 8.42 Å². The number of sulfone groups is 1. The van der Waals surface area contributed by atoms with Crippen LogP contribution >= 0.6 is 0 Å². The molecule has 1 saturated carbocycles. The van der Waals surface area contributed by atoms with E-state index in [-0.39, 0.29) is 12.1 Å². The van der Waals surface area contributed by atoms with Crippen LogP contribution in [0.15, 0.2) is 0 Å². The van der Waals surface area contributed by atoms with Crippen LogP contribution in [0.1, 0.15) is 39.5 Å². The molecule has 0 aromatic heterocycles. The van der Waals surface area contributed by atoms with Gasteiger partial charge in [-0.1, -0.05) is 13.8 Å². The quantitative estimate of drug-likeness (QED) is 0.856. The lowest BCUT2D eigenvalue weighted by Crippen LogP contribution is -2.42. The van der Waals surface area contributed by atoms with Gasteiger partial charge in [0.15, 0.2) is 9.84 Å². The summed E-state index contributed by atoms with van der Waals surface area (Å²) < 4.78 is 23.1. The van der Waals surface area contributed by atoms with E-state index in [1.54, 1.807) is 0 Å². The van der Waals surface area contributed by atoms with Crippen molar-refractivity contribution in [3.05, 3.63) is 0 Å². The summed E-state index contributed by atoms with van der Waals surface area (Å²) in [7, 11) is -0.812. The Kier molecular flexibility index (Phi) is 5.14. The molecular formula is C15H29NO3S. The molecule has 1 aliphatic heterocycles. The van der Waals surface area contributed by atoms with Crippen LogP contribution < -0.4 is 0 Å². The SMILES string of the molecule is CC(C)C1CCC(O)C(CN(C)C2CCS(=O)(=O)C2)C1. The highest BCUT2D eigenvalue weighted by atomic mass is 32.2. The van der Waals surface area contributed by atoms with Crippen LogP contribution in [0.25, 0.3) is 0 Å². The van der Waals surface area contributed by atoms with Gasteiger partial charge in [-0.05, 0) is 50.5 Å². The first-order chi connectivity index (χ1) is 9.28. The average Bonchev–Trinajstić information content (AvgIpc) is 2.72. The molecule has 0 radical (unpaired) electrons. The van der Waals surface area contributed by atoms with Gasteiger partial charge < -0.3 is 10.0 Å². The third kappa shape index (κ3) is 3.95. The summed E-state index contributed by atoms with van der Waals surface area (Å²) >= 11 is 0. The Morgan fingerprint density at radius 2 is 1.95 bits per heavy atom. The third-order valence-corrected chi connectivity index (χ3v) is 7.03. The van der Waals surface area contributed by atoms with Crippen molar-refractivity contribution in [2.45, 2.75) is 51.7 Å². The van der Waals surface area contributed by atoms with Gasteiger partial charge in [-0.15, -0.1) is 0 Å². The summed E-state index contributed by atoms with van der Waals surface area (Å²) in [4.78, 5) is 2.17. The van der Waals surface area contributed by atoms with E-state index in [2.05, 4.69) is 18.7 Å². The van der Waals surface area contributed by atoms with E-state index in [4.69, 9.17) is 0 Å². The minimum Gasteiger partial charge on any atom is -0.393 e. The van der Waals surface area contributed by atoms with Crippen LogP contribution in [0, 0.1) is 17.8 Å². The molecular weight excluding hydrogens is 274 g/mol. The highest BCUT2D eigenvalue weighted by molar-refractivity contribution is 7.91. The van der Waals surface area contributed by atoms with Crippen LogP contribution in [0.3, 0.4) is 0 Å². The fourth-order valence-corrected chi connectivity index (χ4v) is 5.53. The second-order valence-electron chi connectivity index (χ2n) is 7.14. The molecule has 0 spiro atoms. The lowest BCUT2D eigenvalue weighted by molar-refractivity contribution is 0.0177. The van der Waals surface area contributed by atoms with Gasteiger partial charge in [0, 0.05) is 12.6 Å². The first-order valence-electron chi connectivity index (χ1n) is 7.87. The number of hydrogen-bond acceptors (Lipinski definition) is 4. The van der Waals surface area contributed by atoms with Crippen LogP contribution in [-0.4, -0.2) is 55.7 Å². The zero-order valence-corrected chi connectivity index (χ0v) is 13.8. The molecule has 1 heterocycles. The normalized spacial score (nSPS) is 37.7. The fourth-order valence-electron chi connectivity index (χ4n) is 3.73. The predicted octanol–water partition coefficient (Wildman–Crippen LogP) is 1.54. The van der Waals surface area contributed by atoms with Gasteiger partial charge in [-0.3, -0.25) is 0 Å². The summed E-state index contributed by atoms with van der Waals surface area (Å²) in [5.74, 6) is 2.28. The van der Waals surface area contributed by atoms with Crippen molar-refractivity contribution in [3.8, 4) is 0 Å². The van der Waals surface area contributed by atoms with E-state index in [0.29, 0.717) is 29.3 Å². The highest BCUT2D eigenvalue weighted by Crippen LogP contribution is 2.34. The fraction of sp³-hybridized carbons (Fsp3) is 1.00. The van der Waals surface area contributed by atoms with Gasteiger partial charge >= 0.3 is 0 Å². The molecule has 1 N–H and O–H groups in total. The van der Waals surface area contributed by atoms with Crippen LogP contribution in [0.2, 0.25) is 0 Å². The minimum atomic E-state index is -2.82. The van der Waals surface area contributed by atoms with E-state index >= 15 is 0 Å². The third-order valence-electron chi connectivity index (χ3n) is 5.28. The van der Waals surface area contributed by atoms with Crippen LogP contribution in [0.4, 0.5) is 0 Å². The Morgan fingerprint density at radius 3 is 2.50 bits per heavy atom. The standard InChI is InChI=1S/C15H29NO3S/c1-11(2)12-4-5-15(17)13(8-12)9-16(3)14-6-7-20(18,19)10-14/h11-15,17H,4-10H2,1-3H3. The van der Waals surface area contributed by atoms with E-state index < -0.39 is 9.84 Å². The molecule has 2 rings (SSSR count). The molecule has 118 valence electrons. The van der Waals surface area contributed by atoms with Crippen molar-refractivity contribution in [1.82, 2.24) is 4.90 Å². The minimum absolute atomic E-state index is 0.145. The van der Waals surface area contributed by atoms with Gasteiger partial charge in [0.25, 0.3) is 0 Å². The Hall–Kier alpha value is -0.130. The largest absolute Gasteiger partial charge is 0.393 e. The molecule has 4 atom stereocenters. The number of aliphatic hydroxyl groups is 1. The molecule has 5 heteroatoms. The first kappa shape index (κ1) is 16.2. The summed E-state index contributed by atoms with van der Waals surface area (Å²) in [6.07, 6.45) is 3.62. The summed E-state index contributed by atoms with van der Waals surface area (Å²) in [6.45, 7) is 5.34. The molecule has 0 amide bonds. The molecule has 2 aliphatic rings. The molecule has 20 heavy (non-hydrogen) atoms. The van der Waals surface area contributed by atoms with Gasteiger partial charge in [-0.2, -0.15) is 0 Å². The second-order valence-corrected chi connectivity index (χ2v) is 9.37. The summed E-state index contributed by atoms with van der Waals surface area (Å²) in [5, 5.41) is 10.2. The van der Waals surface area contributed by atoms with E-state index in [9.17, 15) is 13.5 Å². The zero-order chi connectivity index (χ0) is 14.9. The lowest BCUT2D eigenvalue weighted by atomic mass is 9.74. The number of nitrogens with zero attached hydrogens (tertiary/aromatic N) is 1. The molecule has 1 aliphatic carbocycles. The monoisotopic (exact) mass is 303 g/mol. The molecule has 1 saturated heterocycles. The molecule has 0 bridgehead atoms. The van der Waals surface area contributed by atoms with Crippen molar-refractivity contribution < 1.29 is 13.5 Å². The van der Waals surface area contributed by atoms with Crippen molar-refractivity contribution in [2.24, 2.45) is 17.8 Å². The Bertz CT molecular complexity index is 421. The maximum absolute atomic E-state index is 11.6.